The highest BCUT2D eigenvalue weighted by Crippen LogP contribution is 2.21. The third kappa shape index (κ3) is 2.42. The smallest absolute Gasteiger partial charge is 0.122 e. The fourth-order valence-electron chi connectivity index (χ4n) is 1.31. The molecule has 0 aliphatic heterocycles. The van der Waals surface area contributed by atoms with Crippen molar-refractivity contribution in [1.29, 1.82) is 5.41 Å². The molecule has 3 heteroatoms. The predicted molar refractivity (Wildman–Crippen MR) is 49.2 cm³/mol. The number of amidine groups is 1. The Balaban J connectivity index is 2.68. The van der Waals surface area contributed by atoms with Gasteiger partial charge in [-0.15, -0.1) is 0 Å². The Morgan fingerprint density at radius 3 is 2.83 bits per heavy atom. The van der Waals surface area contributed by atoms with Gasteiger partial charge in [0.05, 0.1) is 0 Å². The number of allylic oxidation sites excluding steroid dienone is 2. The summed E-state index contributed by atoms with van der Waals surface area (Å²) < 4.78 is 0. The molecule has 0 atom stereocenters. The van der Waals surface area contributed by atoms with Crippen molar-refractivity contribution in [2.24, 2.45) is 5.73 Å². The molecule has 1 rings (SSSR count). The molecule has 0 aromatic heterocycles. The Morgan fingerprint density at radius 1 is 1.58 bits per heavy atom. The van der Waals surface area contributed by atoms with Crippen molar-refractivity contribution in [2.45, 2.75) is 25.7 Å². The van der Waals surface area contributed by atoms with E-state index in [9.17, 15) is 5.11 Å². The topological polar surface area (TPSA) is 70.1 Å². The largest absolute Gasteiger partial charge is 0.508 e. The third-order valence-electron chi connectivity index (χ3n) is 1.91. The van der Waals surface area contributed by atoms with Gasteiger partial charge in [-0.05, 0) is 31.3 Å². The van der Waals surface area contributed by atoms with E-state index in [1.165, 1.54) is 12.5 Å². The summed E-state index contributed by atoms with van der Waals surface area (Å²) in [5, 5.41) is 16.4. The minimum Gasteiger partial charge on any atom is -0.508 e. The van der Waals surface area contributed by atoms with Crippen LogP contribution in [0.4, 0.5) is 0 Å². The molecule has 3 nitrogen and oxygen atoms in total. The Hall–Kier alpha value is -1.25. The summed E-state index contributed by atoms with van der Waals surface area (Å²) in [5.41, 5.74) is 6.05. The lowest BCUT2D eigenvalue weighted by Gasteiger charge is -2.11. The van der Waals surface area contributed by atoms with Crippen LogP contribution in [-0.2, 0) is 0 Å². The average Bonchev–Trinajstić information content (AvgIpc) is 2.05. The molecule has 12 heavy (non-hydrogen) atoms. The van der Waals surface area contributed by atoms with Gasteiger partial charge in [-0.25, -0.2) is 0 Å². The molecule has 0 heterocycles. The van der Waals surface area contributed by atoms with Gasteiger partial charge >= 0.3 is 0 Å². The van der Waals surface area contributed by atoms with E-state index in [2.05, 4.69) is 0 Å². The Morgan fingerprint density at radius 2 is 2.33 bits per heavy atom. The van der Waals surface area contributed by atoms with Crippen LogP contribution >= 0.6 is 0 Å². The number of aliphatic hydroxyl groups excluding tert-OH is 1. The highest BCUT2D eigenvalue weighted by molar-refractivity contribution is 5.89. The summed E-state index contributed by atoms with van der Waals surface area (Å²) >= 11 is 0. The molecule has 0 amide bonds. The number of nitrogens with two attached hydrogens (primary N) is 1. The van der Waals surface area contributed by atoms with Crippen molar-refractivity contribution >= 4 is 5.84 Å². The second-order valence-corrected chi connectivity index (χ2v) is 2.96. The molecule has 0 radical (unpaired) electrons. The second kappa shape index (κ2) is 3.95. The Labute approximate surface area is 72.1 Å². The molecular formula is C9H14N2O. The molecule has 66 valence electrons. The fourth-order valence-corrected chi connectivity index (χ4v) is 1.31. The quantitative estimate of drug-likeness (QED) is 0.333. The summed E-state index contributed by atoms with van der Waals surface area (Å²) in [7, 11) is 0. The molecule has 4 N–H and O–H groups in total. The SMILES string of the molecule is N=C(N)/C=C(\O)C1=CCCCC1. The van der Waals surface area contributed by atoms with E-state index in [0.29, 0.717) is 0 Å². The molecule has 0 spiro atoms. The Kier molecular flexibility index (Phi) is 2.91. The van der Waals surface area contributed by atoms with Crippen LogP contribution in [0.2, 0.25) is 0 Å². The normalized spacial score (nSPS) is 18.7. The van der Waals surface area contributed by atoms with Crippen LogP contribution < -0.4 is 5.73 Å². The summed E-state index contributed by atoms with van der Waals surface area (Å²) in [6, 6.07) is 0. The van der Waals surface area contributed by atoms with Crippen molar-refractivity contribution in [3.63, 3.8) is 0 Å². The summed E-state index contributed by atoms with van der Waals surface area (Å²) in [6.45, 7) is 0. The molecule has 0 unspecified atom stereocenters. The van der Waals surface area contributed by atoms with E-state index >= 15 is 0 Å². The van der Waals surface area contributed by atoms with E-state index < -0.39 is 0 Å². The summed E-state index contributed by atoms with van der Waals surface area (Å²) in [6.07, 6.45) is 7.52. The molecule has 0 bridgehead atoms. The zero-order valence-electron chi connectivity index (χ0n) is 7.01. The zero-order valence-corrected chi connectivity index (χ0v) is 7.01. The molecule has 0 aromatic rings. The first-order chi connectivity index (χ1) is 5.70. The van der Waals surface area contributed by atoms with Crippen molar-refractivity contribution in [3.05, 3.63) is 23.5 Å². The van der Waals surface area contributed by atoms with Gasteiger partial charge in [-0.1, -0.05) is 6.08 Å². The van der Waals surface area contributed by atoms with Crippen LogP contribution in [0.25, 0.3) is 0 Å². The van der Waals surface area contributed by atoms with Gasteiger partial charge in [0.1, 0.15) is 11.6 Å². The predicted octanol–water partition coefficient (Wildman–Crippen LogP) is 1.86. The van der Waals surface area contributed by atoms with Gasteiger partial charge in [-0.3, -0.25) is 5.41 Å². The van der Waals surface area contributed by atoms with Gasteiger partial charge in [0.15, 0.2) is 0 Å². The van der Waals surface area contributed by atoms with Crippen LogP contribution in [-0.4, -0.2) is 10.9 Å². The highest BCUT2D eigenvalue weighted by Gasteiger charge is 2.07. The average molecular weight is 166 g/mol. The van der Waals surface area contributed by atoms with Crippen LogP contribution in [0.1, 0.15) is 25.7 Å². The first-order valence-corrected chi connectivity index (χ1v) is 4.14. The van der Waals surface area contributed by atoms with Crippen LogP contribution in [0.15, 0.2) is 23.5 Å². The summed E-state index contributed by atoms with van der Waals surface area (Å²) in [4.78, 5) is 0. The number of hydrogen-bond donors (Lipinski definition) is 3. The van der Waals surface area contributed by atoms with E-state index in [1.807, 2.05) is 6.08 Å². The molecule has 0 aromatic carbocycles. The molecule has 1 aliphatic carbocycles. The van der Waals surface area contributed by atoms with Gasteiger partial charge in [0.2, 0.25) is 0 Å². The minimum absolute atomic E-state index is 0.0982. The second-order valence-electron chi connectivity index (χ2n) is 2.96. The molecule has 1 aliphatic rings. The standard InChI is InChI=1S/C9H14N2O/c10-9(11)6-8(12)7-4-2-1-3-5-7/h4,6,12H,1-3,5H2,(H3,10,11)/b8-6-. The van der Waals surface area contributed by atoms with Gasteiger partial charge in [0, 0.05) is 6.08 Å². The van der Waals surface area contributed by atoms with Crippen molar-refractivity contribution in [1.82, 2.24) is 0 Å². The van der Waals surface area contributed by atoms with Crippen molar-refractivity contribution in [2.75, 3.05) is 0 Å². The molecule has 0 saturated carbocycles. The zero-order chi connectivity index (χ0) is 8.97. The maximum absolute atomic E-state index is 9.42. The van der Waals surface area contributed by atoms with E-state index in [-0.39, 0.29) is 11.6 Å². The fraction of sp³-hybridized carbons (Fsp3) is 0.444. The number of hydrogen-bond acceptors (Lipinski definition) is 2. The van der Waals surface area contributed by atoms with Gasteiger partial charge in [-0.2, -0.15) is 0 Å². The molecule has 0 saturated heterocycles. The van der Waals surface area contributed by atoms with E-state index in [4.69, 9.17) is 11.1 Å². The highest BCUT2D eigenvalue weighted by atomic mass is 16.3. The molecular weight excluding hydrogens is 152 g/mol. The lowest BCUT2D eigenvalue weighted by molar-refractivity contribution is 0.415. The first-order valence-electron chi connectivity index (χ1n) is 4.14. The van der Waals surface area contributed by atoms with Crippen molar-refractivity contribution in [3.8, 4) is 0 Å². The maximum atomic E-state index is 9.42. The Bertz CT molecular complexity index is 241. The third-order valence-corrected chi connectivity index (χ3v) is 1.91. The minimum atomic E-state index is -0.0982. The van der Waals surface area contributed by atoms with E-state index in [1.54, 1.807) is 0 Å². The molecule has 0 fully saturated rings. The van der Waals surface area contributed by atoms with Gasteiger partial charge < -0.3 is 10.8 Å². The number of rotatable bonds is 2. The lowest BCUT2D eigenvalue weighted by atomic mass is 9.98. The monoisotopic (exact) mass is 166 g/mol. The van der Waals surface area contributed by atoms with Crippen LogP contribution in [0, 0.1) is 5.41 Å². The number of aliphatic hydroxyl groups is 1. The van der Waals surface area contributed by atoms with E-state index in [0.717, 1.165) is 24.8 Å². The maximum Gasteiger partial charge on any atom is 0.122 e. The van der Waals surface area contributed by atoms with Gasteiger partial charge in [0.25, 0.3) is 0 Å². The summed E-state index contributed by atoms with van der Waals surface area (Å²) in [5.74, 6) is 0.0566. The lowest BCUT2D eigenvalue weighted by Crippen LogP contribution is -2.07. The van der Waals surface area contributed by atoms with Crippen molar-refractivity contribution < 1.29 is 5.11 Å². The van der Waals surface area contributed by atoms with Crippen LogP contribution in [0.5, 0.6) is 0 Å². The number of nitrogens with one attached hydrogen (secondary N) is 1. The van der Waals surface area contributed by atoms with Crippen LogP contribution in [0.3, 0.4) is 0 Å². The first kappa shape index (κ1) is 8.84.